The maximum absolute atomic E-state index is 11.9. The molecule has 21 heavy (non-hydrogen) atoms. The minimum atomic E-state index is -0.374. The molecule has 108 valence electrons. The molecule has 0 heterocycles. The Labute approximate surface area is 122 Å². The first-order chi connectivity index (χ1) is 10.1. The quantitative estimate of drug-likeness (QED) is 0.513. The monoisotopic (exact) mass is 284 g/mol. The molecule has 0 aromatic heterocycles. The molecule has 0 atom stereocenters. The van der Waals surface area contributed by atoms with Crippen molar-refractivity contribution in [1.29, 1.82) is 5.41 Å². The summed E-state index contributed by atoms with van der Waals surface area (Å²) < 4.78 is 5.05. The fraction of sp³-hybridized carbons (Fsp3) is 0.0667. The van der Waals surface area contributed by atoms with Gasteiger partial charge in [-0.2, -0.15) is 0 Å². The maximum atomic E-state index is 11.9. The number of carbonyl (C=O) groups is 1. The molecule has 6 nitrogen and oxygen atoms in total. The van der Waals surface area contributed by atoms with E-state index >= 15 is 0 Å². The number of benzene rings is 2. The zero-order valence-corrected chi connectivity index (χ0v) is 11.5. The first-order valence-corrected chi connectivity index (χ1v) is 6.25. The van der Waals surface area contributed by atoms with Crippen molar-refractivity contribution in [2.45, 2.75) is 0 Å². The van der Waals surface area contributed by atoms with Gasteiger partial charge < -0.3 is 21.1 Å². The lowest BCUT2D eigenvalue weighted by atomic mass is 10.2. The normalized spacial score (nSPS) is 9.76. The maximum Gasteiger partial charge on any atom is 0.323 e. The molecule has 0 spiro atoms. The van der Waals surface area contributed by atoms with Crippen LogP contribution in [0.1, 0.15) is 5.56 Å². The van der Waals surface area contributed by atoms with Gasteiger partial charge in [-0.25, -0.2) is 4.79 Å². The molecule has 0 unspecified atom stereocenters. The minimum Gasteiger partial charge on any atom is -0.497 e. The van der Waals surface area contributed by atoms with E-state index < -0.39 is 0 Å². The molecule has 0 radical (unpaired) electrons. The molecule has 0 saturated carbocycles. The van der Waals surface area contributed by atoms with E-state index in [1.54, 1.807) is 55.6 Å². The van der Waals surface area contributed by atoms with E-state index in [9.17, 15) is 4.79 Å². The van der Waals surface area contributed by atoms with Crippen LogP contribution in [0.5, 0.6) is 5.75 Å². The predicted octanol–water partition coefficient (Wildman–Crippen LogP) is 2.62. The van der Waals surface area contributed by atoms with E-state index in [4.69, 9.17) is 15.9 Å². The number of nitrogens with two attached hydrogens (primary N) is 1. The van der Waals surface area contributed by atoms with Gasteiger partial charge in [0.1, 0.15) is 11.6 Å². The van der Waals surface area contributed by atoms with Crippen LogP contribution in [0, 0.1) is 5.41 Å². The SMILES string of the molecule is COc1ccc(NC(=O)Nc2cccc(C(=N)N)c2)cc1. The highest BCUT2D eigenvalue weighted by molar-refractivity contribution is 6.01. The summed E-state index contributed by atoms with van der Waals surface area (Å²) in [7, 11) is 1.58. The topological polar surface area (TPSA) is 100 Å². The minimum absolute atomic E-state index is 0.0470. The number of ether oxygens (including phenoxy) is 1. The van der Waals surface area contributed by atoms with Crippen molar-refractivity contribution in [2.24, 2.45) is 5.73 Å². The van der Waals surface area contributed by atoms with Gasteiger partial charge in [-0.15, -0.1) is 0 Å². The summed E-state index contributed by atoms with van der Waals surface area (Å²) in [5.74, 6) is 0.671. The number of nitrogens with one attached hydrogen (secondary N) is 3. The van der Waals surface area contributed by atoms with Crippen LogP contribution in [-0.2, 0) is 0 Å². The summed E-state index contributed by atoms with van der Waals surface area (Å²) >= 11 is 0. The average Bonchev–Trinajstić information content (AvgIpc) is 2.48. The average molecular weight is 284 g/mol. The Morgan fingerprint density at radius 1 is 1.10 bits per heavy atom. The van der Waals surface area contributed by atoms with Crippen LogP contribution in [-0.4, -0.2) is 19.0 Å². The first kappa shape index (κ1) is 14.4. The number of nitrogen functional groups attached to an aromatic ring is 1. The van der Waals surface area contributed by atoms with Crippen LogP contribution in [0.3, 0.4) is 0 Å². The Morgan fingerprint density at radius 3 is 2.38 bits per heavy atom. The zero-order valence-electron chi connectivity index (χ0n) is 11.5. The lowest BCUT2D eigenvalue weighted by molar-refractivity contribution is 0.262. The van der Waals surface area contributed by atoms with Gasteiger partial charge in [-0.05, 0) is 36.4 Å². The number of amides is 2. The van der Waals surface area contributed by atoms with E-state index in [-0.39, 0.29) is 11.9 Å². The van der Waals surface area contributed by atoms with Gasteiger partial charge in [0.2, 0.25) is 0 Å². The molecule has 0 aliphatic carbocycles. The van der Waals surface area contributed by atoms with Crippen LogP contribution < -0.4 is 21.1 Å². The van der Waals surface area contributed by atoms with Crippen molar-refractivity contribution in [1.82, 2.24) is 0 Å². The Morgan fingerprint density at radius 2 is 1.76 bits per heavy atom. The predicted molar refractivity (Wildman–Crippen MR) is 83.1 cm³/mol. The highest BCUT2D eigenvalue weighted by Crippen LogP contribution is 2.16. The third-order valence-corrected chi connectivity index (χ3v) is 2.78. The number of anilines is 2. The van der Waals surface area contributed by atoms with Gasteiger partial charge in [-0.1, -0.05) is 12.1 Å². The smallest absolute Gasteiger partial charge is 0.323 e. The lowest BCUT2D eigenvalue weighted by Crippen LogP contribution is -2.20. The van der Waals surface area contributed by atoms with Crippen molar-refractivity contribution in [3.63, 3.8) is 0 Å². The van der Waals surface area contributed by atoms with E-state index in [0.29, 0.717) is 16.9 Å². The van der Waals surface area contributed by atoms with Crippen LogP contribution >= 0.6 is 0 Å². The van der Waals surface area contributed by atoms with Crippen LogP contribution in [0.4, 0.5) is 16.2 Å². The number of hydrogen-bond acceptors (Lipinski definition) is 3. The summed E-state index contributed by atoms with van der Waals surface area (Å²) in [5, 5.41) is 12.8. The number of methoxy groups -OCH3 is 1. The third kappa shape index (κ3) is 3.97. The molecule has 6 heteroatoms. The van der Waals surface area contributed by atoms with E-state index in [1.807, 2.05) is 0 Å². The molecule has 2 amide bonds. The molecule has 2 rings (SSSR count). The van der Waals surface area contributed by atoms with Gasteiger partial charge in [0.05, 0.1) is 7.11 Å². The number of hydrogen-bond donors (Lipinski definition) is 4. The molecular weight excluding hydrogens is 268 g/mol. The second-order valence-electron chi connectivity index (χ2n) is 4.30. The number of rotatable bonds is 4. The third-order valence-electron chi connectivity index (χ3n) is 2.78. The largest absolute Gasteiger partial charge is 0.497 e. The molecule has 0 aliphatic rings. The Balaban J connectivity index is 2.00. The van der Waals surface area contributed by atoms with Gasteiger partial charge in [0.25, 0.3) is 0 Å². The molecule has 2 aromatic rings. The van der Waals surface area contributed by atoms with Crippen molar-refractivity contribution in [3.05, 3.63) is 54.1 Å². The number of carbonyl (C=O) groups excluding carboxylic acids is 1. The first-order valence-electron chi connectivity index (χ1n) is 6.25. The van der Waals surface area contributed by atoms with Crippen molar-refractivity contribution in [2.75, 3.05) is 17.7 Å². The van der Waals surface area contributed by atoms with Crippen LogP contribution in [0.15, 0.2) is 48.5 Å². The van der Waals surface area contributed by atoms with Crippen LogP contribution in [0.2, 0.25) is 0 Å². The second-order valence-corrected chi connectivity index (χ2v) is 4.30. The van der Waals surface area contributed by atoms with Crippen molar-refractivity contribution >= 4 is 23.2 Å². The lowest BCUT2D eigenvalue weighted by Gasteiger charge is -2.09. The van der Waals surface area contributed by atoms with E-state index in [2.05, 4.69) is 10.6 Å². The summed E-state index contributed by atoms with van der Waals surface area (Å²) in [6.07, 6.45) is 0. The summed E-state index contributed by atoms with van der Waals surface area (Å²) in [5.41, 5.74) is 7.17. The van der Waals surface area contributed by atoms with Crippen molar-refractivity contribution in [3.8, 4) is 5.75 Å². The number of urea groups is 1. The molecule has 0 fully saturated rings. The fourth-order valence-electron chi connectivity index (χ4n) is 1.73. The summed E-state index contributed by atoms with van der Waals surface area (Å²) in [4.78, 5) is 11.9. The fourth-order valence-corrected chi connectivity index (χ4v) is 1.73. The van der Waals surface area contributed by atoms with Crippen LogP contribution in [0.25, 0.3) is 0 Å². The highest BCUT2D eigenvalue weighted by Gasteiger charge is 2.04. The highest BCUT2D eigenvalue weighted by atomic mass is 16.5. The van der Waals surface area contributed by atoms with Gasteiger partial charge in [0.15, 0.2) is 0 Å². The molecule has 0 aliphatic heterocycles. The molecular formula is C15H16N4O2. The van der Waals surface area contributed by atoms with Crippen molar-refractivity contribution < 1.29 is 9.53 Å². The zero-order chi connectivity index (χ0) is 15.2. The van der Waals surface area contributed by atoms with Gasteiger partial charge in [-0.3, -0.25) is 5.41 Å². The Bertz CT molecular complexity index is 653. The Hall–Kier alpha value is -3.02. The Kier molecular flexibility index (Phi) is 4.40. The molecule has 0 bridgehead atoms. The second kappa shape index (κ2) is 6.42. The molecule has 0 saturated heterocycles. The molecule has 2 aromatic carbocycles. The van der Waals surface area contributed by atoms with E-state index in [0.717, 1.165) is 5.75 Å². The number of amidine groups is 1. The standard InChI is InChI=1S/C15H16N4O2/c1-21-13-7-5-11(6-8-13)18-15(20)19-12-4-2-3-10(9-12)14(16)17/h2-9H,1H3,(H3,16,17)(H2,18,19,20). The summed E-state index contributed by atoms with van der Waals surface area (Å²) in [6, 6.07) is 13.4. The summed E-state index contributed by atoms with van der Waals surface area (Å²) in [6.45, 7) is 0. The van der Waals surface area contributed by atoms with Gasteiger partial charge in [0, 0.05) is 16.9 Å². The van der Waals surface area contributed by atoms with E-state index in [1.165, 1.54) is 0 Å². The molecule has 5 N–H and O–H groups in total. The van der Waals surface area contributed by atoms with Gasteiger partial charge >= 0.3 is 6.03 Å².